The second kappa shape index (κ2) is 10.6. The van der Waals surface area contributed by atoms with Crippen LogP contribution in [0.5, 0.6) is 5.75 Å². The van der Waals surface area contributed by atoms with Gasteiger partial charge in [-0.3, -0.25) is 18.7 Å². The summed E-state index contributed by atoms with van der Waals surface area (Å²) in [5, 5.41) is 11.0. The van der Waals surface area contributed by atoms with Gasteiger partial charge in [0.25, 0.3) is 25.7 Å². The van der Waals surface area contributed by atoms with Crippen molar-refractivity contribution in [3.8, 4) is 5.75 Å². The highest BCUT2D eigenvalue weighted by Gasteiger charge is 2.38. The molecule has 10 nitrogen and oxygen atoms in total. The van der Waals surface area contributed by atoms with Crippen LogP contribution in [0.4, 0.5) is 17.1 Å². The van der Waals surface area contributed by atoms with Gasteiger partial charge in [-0.1, -0.05) is 44.0 Å². The molecule has 0 saturated carbocycles. The molecule has 0 radical (unpaired) electrons. The van der Waals surface area contributed by atoms with Gasteiger partial charge in [0.2, 0.25) is 0 Å². The number of nitro groups is 1. The lowest BCUT2D eigenvalue weighted by Gasteiger charge is -2.37. The van der Waals surface area contributed by atoms with E-state index < -0.39 is 34.6 Å². The van der Waals surface area contributed by atoms with Gasteiger partial charge in [0, 0.05) is 34.9 Å². The van der Waals surface area contributed by atoms with E-state index in [4.69, 9.17) is 4.74 Å². The Hall–Kier alpha value is -2.68. The van der Waals surface area contributed by atoms with Crippen LogP contribution in [-0.2, 0) is 20.0 Å². The summed E-state index contributed by atoms with van der Waals surface area (Å²) < 4.78 is 62.6. The van der Waals surface area contributed by atoms with E-state index >= 15 is 0 Å². The molecule has 3 aromatic carbocycles. The molecule has 4 rings (SSSR count). The number of para-hydroxylation sites is 2. The average Bonchev–Trinajstić information content (AvgIpc) is 2.89. The van der Waals surface area contributed by atoms with E-state index in [-0.39, 0.29) is 39.9 Å². The van der Waals surface area contributed by atoms with Crippen LogP contribution in [0.3, 0.4) is 0 Å². The molecular weight excluding hydrogens is 654 g/mol. The number of rotatable bonds is 6. The standard InChI is InChI=1S/C23H21Br2N3O7S2/c1-35-17-8-12-19(13-9-17)37(33,34)27-15-21(25)20(24)14-26(22-4-2-3-5-23(22)27)36(31,32)18-10-6-16(7-11-18)28(29)30/h2-13,20-21H,14-15H2,1H3/t20-,21-/m0/s1. The van der Waals surface area contributed by atoms with Crippen LogP contribution < -0.4 is 13.3 Å². The third-order valence-electron chi connectivity index (χ3n) is 5.78. The van der Waals surface area contributed by atoms with Crippen molar-refractivity contribution in [1.82, 2.24) is 0 Å². The Balaban J connectivity index is 1.87. The summed E-state index contributed by atoms with van der Waals surface area (Å²) in [7, 11) is -6.87. The van der Waals surface area contributed by atoms with Crippen LogP contribution in [-0.4, -0.2) is 51.6 Å². The fraction of sp³-hybridized carbons (Fsp3) is 0.217. The fourth-order valence-corrected chi connectivity index (χ4v) is 8.13. The third-order valence-corrected chi connectivity index (χ3v) is 11.9. The van der Waals surface area contributed by atoms with Gasteiger partial charge >= 0.3 is 0 Å². The summed E-state index contributed by atoms with van der Waals surface area (Å²) in [5.74, 6) is 0.492. The number of hydrogen-bond donors (Lipinski definition) is 0. The molecule has 0 aliphatic carbocycles. The number of methoxy groups -OCH3 is 1. The van der Waals surface area contributed by atoms with Crippen LogP contribution in [0.1, 0.15) is 0 Å². The summed E-state index contributed by atoms with van der Waals surface area (Å²) in [6.07, 6.45) is 0. The van der Waals surface area contributed by atoms with Crippen molar-refractivity contribution in [1.29, 1.82) is 0 Å². The minimum atomic E-state index is -4.23. The zero-order chi connectivity index (χ0) is 27.0. The summed E-state index contributed by atoms with van der Waals surface area (Å²) in [6.45, 7) is -0.00458. The summed E-state index contributed by atoms with van der Waals surface area (Å²) in [6, 6.07) is 16.8. The maximum atomic E-state index is 13.8. The Bertz CT molecular complexity index is 1520. The lowest BCUT2D eigenvalue weighted by molar-refractivity contribution is -0.384. The van der Waals surface area contributed by atoms with E-state index in [0.29, 0.717) is 5.75 Å². The van der Waals surface area contributed by atoms with Crippen LogP contribution in [0.2, 0.25) is 0 Å². The monoisotopic (exact) mass is 673 g/mol. The number of alkyl halides is 2. The van der Waals surface area contributed by atoms with E-state index in [1.165, 1.54) is 41.7 Å². The number of nitrogens with zero attached hydrogens (tertiary/aromatic N) is 3. The number of hydrogen-bond acceptors (Lipinski definition) is 7. The number of non-ortho nitro benzene ring substituents is 1. The van der Waals surface area contributed by atoms with Crippen molar-refractivity contribution < 1.29 is 26.5 Å². The molecule has 0 bridgehead atoms. The fourth-order valence-electron chi connectivity index (χ4n) is 3.83. The molecule has 0 aromatic heterocycles. The van der Waals surface area contributed by atoms with Crippen molar-refractivity contribution in [2.24, 2.45) is 0 Å². The molecule has 0 unspecified atom stereocenters. The Morgan fingerprint density at radius 3 is 1.57 bits per heavy atom. The Kier molecular flexibility index (Phi) is 7.83. The van der Waals surface area contributed by atoms with Gasteiger partial charge in [0.1, 0.15) is 5.75 Å². The molecule has 2 atom stereocenters. The Morgan fingerprint density at radius 2 is 1.19 bits per heavy atom. The molecule has 1 aliphatic rings. The molecule has 1 aliphatic heterocycles. The highest BCUT2D eigenvalue weighted by molar-refractivity contribution is 9.12. The van der Waals surface area contributed by atoms with Gasteiger partial charge in [0.15, 0.2) is 0 Å². The average molecular weight is 675 g/mol. The Labute approximate surface area is 231 Å². The number of sulfonamides is 2. The second-order valence-corrected chi connectivity index (χ2v) is 14.1. The normalized spacial score (nSPS) is 18.5. The quantitative estimate of drug-likeness (QED) is 0.214. The van der Waals surface area contributed by atoms with Gasteiger partial charge in [-0.15, -0.1) is 0 Å². The highest BCUT2D eigenvalue weighted by Crippen LogP contribution is 2.40. The minimum Gasteiger partial charge on any atom is -0.497 e. The summed E-state index contributed by atoms with van der Waals surface area (Å²) >= 11 is 7.04. The van der Waals surface area contributed by atoms with Gasteiger partial charge in [-0.25, -0.2) is 16.8 Å². The maximum Gasteiger partial charge on any atom is 0.269 e. The van der Waals surface area contributed by atoms with E-state index in [0.717, 1.165) is 28.6 Å². The van der Waals surface area contributed by atoms with Crippen LogP contribution in [0, 0.1) is 10.1 Å². The topological polar surface area (TPSA) is 127 Å². The molecule has 0 saturated heterocycles. The van der Waals surface area contributed by atoms with E-state index in [9.17, 15) is 26.9 Å². The van der Waals surface area contributed by atoms with Crippen molar-refractivity contribution in [3.05, 3.63) is 82.9 Å². The van der Waals surface area contributed by atoms with E-state index in [1.54, 1.807) is 18.2 Å². The molecule has 1 heterocycles. The van der Waals surface area contributed by atoms with Gasteiger partial charge in [0.05, 0.1) is 33.2 Å². The maximum absolute atomic E-state index is 13.8. The van der Waals surface area contributed by atoms with Crippen molar-refractivity contribution in [3.63, 3.8) is 0 Å². The van der Waals surface area contributed by atoms with Crippen molar-refractivity contribution in [2.75, 3.05) is 28.8 Å². The molecule has 3 aromatic rings. The number of ether oxygens (including phenoxy) is 1. The zero-order valence-corrected chi connectivity index (χ0v) is 24.1. The Morgan fingerprint density at radius 1 is 0.784 bits per heavy atom. The van der Waals surface area contributed by atoms with Crippen LogP contribution >= 0.6 is 31.9 Å². The minimum absolute atomic E-state index is 0.0132. The molecule has 0 spiro atoms. The first-order chi connectivity index (χ1) is 17.5. The largest absolute Gasteiger partial charge is 0.497 e. The van der Waals surface area contributed by atoms with Crippen LogP contribution in [0.25, 0.3) is 0 Å². The predicted molar refractivity (Wildman–Crippen MR) is 147 cm³/mol. The first-order valence-corrected chi connectivity index (χ1v) is 15.5. The molecule has 0 fully saturated rings. The summed E-state index contributed by atoms with van der Waals surface area (Å²) in [5.41, 5.74) is 0.0807. The molecule has 37 heavy (non-hydrogen) atoms. The lowest BCUT2D eigenvalue weighted by atomic mass is 10.2. The molecular formula is C23H21Br2N3O7S2. The first kappa shape index (κ1) is 27.4. The smallest absolute Gasteiger partial charge is 0.269 e. The number of halogens is 2. The number of nitro benzene ring substituents is 1. The number of benzene rings is 3. The lowest BCUT2D eigenvalue weighted by Crippen LogP contribution is -2.47. The van der Waals surface area contributed by atoms with E-state index in [2.05, 4.69) is 31.9 Å². The molecule has 0 N–H and O–H groups in total. The first-order valence-electron chi connectivity index (χ1n) is 10.8. The third kappa shape index (κ3) is 5.33. The van der Waals surface area contributed by atoms with Gasteiger partial charge in [-0.2, -0.15) is 0 Å². The van der Waals surface area contributed by atoms with Crippen LogP contribution in [0.15, 0.2) is 82.6 Å². The zero-order valence-electron chi connectivity index (χ0n) is 19.3. The number of fused-ring (bicyclic) bond motifs is 1. The van der Waals surface area contributed by atoms with Crippen molar-refractivity contribution in [2.45, 2.75) is 19.4 Å². The summed E-state index contributed by atoms with van der Waals surface area (Å²) in [4.78, 5) is 9.32. The second-order valence-electron chi connectivity index (χ2n) is 8.02. The van der Waals surface area contributed by atoms with Crippen molar-refractivity contribution >= 4 is 69.0 Å². The predicted octanol–water partition coefficient (Wildman–Crippen LogP) is 4.53. The van der Waals surface area contributed by atoms with Gasteiger partial charge in [-0.05, 0) is 48.5 Å². The SMILES string of the molecule is COc1ccc(S(=O)(=O)N2C[C@H](Br)[C@@H](Br)CN(S(=O)(=O)c3ccc([N+](=O)[O-])cc3)c3ccccc32)cc1. The number of anilines is 2. The van der Waals surface area contributed by atoms with Gasteiger partial charge < -0.3 is 4.74 Å². The molecule has 14 heteroatoms. The molecule has 0 amide bonds. The van der Waals surface area contributed by atoms with E-state index in [1.807, 2.05) is 0 Å². The molecule has 196 valence electrons. The highest BCUT2D eigenvalue weighted by atomic mass is 79.9.